The molecule has 156 valence electrons. The van der Waals surface area contributed by atoms with E-state index in [0.717, 1.165) is 36.1 Å². The lowest BCUT2D eigenvalue weighted by atomic mass is 10.1. The van der Waals surface area contributed by atoms with Crippen LogP contribution in [0.2, 0.25) is 0 Å². The molecule has 1 aliphatic rings. The van der Waals surface area contributed by atoms with Gasteiger partial charge in [-0.2, -0.15) is 13.2 Å². The Morgan fingerprint density at radius 3 is 2.37 bits per heavy atom. The van der Waals surface area contributed by atoms with Crippen molar-refractivity contribution in [2.45, 2.75) is 16.9 Å². The number of aromatic nitrogens is 1. The van der Waals surface area contributed by atoms with Crippen LogP contribution in [0, 0.1) is 0 Å². The van der Waals surface area contributed by atoms with Crippen molar-refractivity contribution in [1.82, 2.24) is 14.8 Å². The minimum atomic E-state index is -4.33. The van der Waals surface area contributed by atoms with Gasteiger partial charge in [-0.1, -0.05) is 24.3 Å². The lowest BCUT2D eigenvalue weighted by molar-refractivity contribution is -0.0328. The summed E-state index contributed by atoms with van der Waals surface area (Å²) in [4.78, 5) is 21.3. The fraction of sp³-hybridized carbons (Fsp3) is 0.273. The van der Waals surface area contributed by atoms with E-state index < -0.39 is 5.51 Å². The maximum atomic E-state index is 12.7. The van der Waals surface area contributed by atoms with Gasteiger partial charge in [0.2, 0.25) is 0 Å². The van der Waals surface area contributed by atoms with Crippen molar-refractivity contribution in [3.63, 3.8) is 0 Å². The Bertz CT molecular complexity index is 1030. The van der Waals surface area contributed by atoms with Crippen molar-refractivity contribution in [2.24, 2.45) is 0 Å². The smallest absolute Gasteiger partial charge is 0.336 e. The molecule has 0 radical (unpaired) electrons. The van der Waals surface area contributed by atoms with Crippen molar-refractivity contribution in [3.05, 3.63) is 71.9 Å². The van der Waals surface area contributed by atoms with Crippen LogP contribution in [0.25, 0.3) is 10.9 Å². The first kappa shape index (κ1) is 20.7. The second kappa shape index (κ2) is 8.65. The Labute approximate surface area is 176 Å². The van der Waals surface area contributed by atoms with E-state index in [9.17, 15) is 18.0 Å². The monoisotopic (exact) mass is 431 g/mol. The highest BCUT2D eigenvalue weighted by atomic mass is 32.2. The van der Waals surface area contributed by atoms with Gasteiger partial charge in [0.15, 0.2) is 0 Å². The molecule has 0 unspecified atom stereocenters. The number of hydrogen-bond acceptors (Lipinski definition) is 4. The number of piperazine rings is 1. The van der Waals surface area contributed by atoms with Crippen molar-refractivity contribution < 1.29 is 18.0 Å². The number of benzene rings is 2. The van der Waals surface area contributed by atoms with Gasteiger partial charge in [-0.15, -0.1) is 0 Å². The fourth-order valence-corrected chi connectivity index (χ4v) is 4.17. The number of para-hydroxylation sites is 1. The fourth-order valence-electron chi connectivity index (χ4n) is 3.63. The van der Waals surface area contributed by atoms with Crippen LogP contribution in [0.4, 0.5) is 13.2 Å². The maximum absolute atomic E-state index is 12.7. The molecule has 1 aromatic heterocycles. The minimum Gasteiger partial charge on any atom is -0.336 e. The normalized spacial score (nSPS) is 15.5. The standard InChI is InChI=1S/C22H20F3N3OS/c23-22(24,25)30-19-8-6-17(7-9-19)21(29)28-13-11-27(12-14-28)15-18-4-1-3-16-5-2-10-26-20(16)18/h1-10H,11-15H2. The molecule has 30 heavy (non-hydrogen) atoms. The molecule has 0 aliphatic carbocycles. The third-order valence-electron chi connectivity index (χ3n) is 5.10. The number of nitrogens with zero attached hydrogens (tertiary/aromatic N) is 3. The van der Waals surface area contributed by atoms with Gasteiger partial charge in [0, 0.05) is 54.8 Å². The average Bonchev–Trinajstić information content (AvgIpc) is 2.73. The summed E-state index contributed by atoms with van der Waals surface area (Å²) in [6.45, 7) is 3.39. The predicted octanol–water partition coefficient (Wildman–Crippen LogP) is 4.80. The molecular weight excluding hydrogens is 411 g/mol. The van der Waals surface area contributed by atoms with Crippen molar-refractivity contribution in [1.29, 1.82) is 0 Å². The zero-order valence-corrected chi connectivity index (χ0v) is 16.9. The summed E-state index contributed by atoms with van der Waals surface area (Å²) in [5.74, 6) is -0.148. The molecule has 1 aliphatic heterocycles. The molecule has 2 heterocycles. The largest absolute Gasteiger partial charge is 0.446 e. The van der Waals surface area contributed by atoms with Gasteiger partial charge < -0.3 is 4.90 Å². The van der Waals surface area contributed by atoms with E-state index in [2.05, 4.69) is 16.0 Å². The van der Waals surface area contributed by atoms with Crippen LogP contribution in [0.1, 0.15) is 15.9 Å². The molecule has 0 N–H and O–H groups in total. The number of rotatable bonds is 4. The SMILES string of the molecule is O=C(c1ccc(SC(F)(F)F)cc1)N1CCN(Cc2cccc3cccnc23)CC1. The van der Waals surface area contributed by atoms with E-state index >= 15 is 0 Å². The van der Waals surface area contributed by atoms with Crippen LogP contribution >= 0.6 is 11.8 Å². The predicted molar refractivity (Wildman–Crippen MR) is 111 cm³/mol. The number of hydrogen-bond donors (Lipinski definition) is 0. The molecule has 4 nitrogen and oxygen atoms in total. The summed E-state index contributed by atoms with van der Waals surface area (Å²) in [6.07, 6.45) is 1.79. The minimum absolute atomic E-state index is 0.0765. The lowest BCUT2D eigenvalue weighted by Crippen LogP contribution is -2.48. The van der Waals surface area contributed by atoms with Gasteiger partial charge in [-0.25, -0.2) is 0 Å². The summed E-state index contributed by atoms with van der Waals surface area (Å²) in [6, 6.07) is 15.7. The summed E-state index contributed by atoms with van der Waals surface area (Å²) < 4.78 is 37.3. The first-order chi connectivity index (χ1) is 14.4. The van der Waals surface area contributed by atoms with Crippen LogP contribution in [0.15, 0.2) is 65.7 Å². The molecule has 1 amide bonds. The molecular formula is C22H20F3N3OS. The first-order valence-electron chi connectivity index (χ1n) is 9.59. The van der Waals surface area contributed by atoms with Crippen LogP contribution < -0.4 is 0 Å². The number of alkyl halides is 3. The molecule has 0 atom stereocenters. The van der Waals surface area contributed by atoms with E-state index in [1.807, 2.05) is 24.3 Å². The average molecular weight is 431 g/mol. The topological polar surface area (TPSA) is 36.4 Å². The second-order valence-electron chi connectivity index (χ2n) is 7.13. The van der Waals surface area contributed by atoms with Crippen LogP contribution in [-0.4, -0.2) is 52.4 Å². The van der Waals surface area contributed by atoms with Crippen molar-refractivity contribution in [3.8, 4) is 0 Å². The number of fused-ring (bicyclic) bond motifs is 1. The van der Waals surface area contributed by atoms with Crippen LogP contribution in [0.3, 0.4) is 0 Å². The van der Waals surface area contributed by atoms with Crippen molar-refractivity contribution in [2.75, 3.05) is 26.2 Å². The number of carbonyl (C=O) groups is 1. The Kier molecular flexibility index (Phi) is 5.97. The van der Waals surface area contributed by atoms with Gasteiger partial charge in [-0.05, 0) is 47.7 Å². The Morgan fingerprint density at radius 1 is 0.967 bits per heavy atom. The van der Waals surface area contributed by atoms with Gasteiger partial charge in [0.25, 0.3) is 5.91 Å². The molecule has 3 aromatic rings. The molecule has 1 fully saturated rings. The molecule has 4 rings (SSSR count). The van der Waals surface area contributed by atoms with Gasteiger partial charge in [0.1, 0.15) is 0 Å². The molecule has 8 heteroatoms. The molecule has 0 saturated carbocycles. The summed E-state index contributed by atoms with van der Waals surface area (Å²) in [7, 11) is 0. The maximum Gasteiger partial charge on any atom is 0.446 e. The highest BCUT2D eigenvalue weighted by molar-refractivity contribution is 8.00. The number of amides is 1. The van der Waals surface area contributed by atoms with Crippen LogP contribution in [-0.2, 0) is 6.54 Å². The third kappa shape index (κ3) is 4.94. The Balaban J connectivity index is 1.35. The summed E-state index contributed by atoms with van der Waals surface area (Å²) >= 11 is -0.178. The quantitative estimate of drug-likeness (QED) is 0.556. The molecule has 0 bridgehead atoms. The second-order valence-corrected chi connectivity index (χ2v) is 8.27. The van der Waals surface area contributed by atoms with E-state index in [1.165, 1.54) is 24.3 Å². The zero-order valence-electron chi connectivity index (χ0n) is 16.1. The van der Waals surface area contributed by atoms with E-state index in [1.54, 1.807) is 11.1 Å². The Morgan fingerprint density at radius 2 is 1.67 bits per heavy atom. The summed E-state index contributed by atoms with van der Waals surface area (Å²) in [5.41, 5.74) is -1.77. The van der Waals surface area contributed by atoms with Gasteiger partial charge >= 0.3 is 5.51 Å². The third-order valence-corrected chi connectivity index (χ3v) is 5.84. The van der Waals surface area contributed by atoms with Gasteiger partial charge in [0.05, 0.1) is 5.52 Å². The molecule has 1 saturated heterocycles. The van der Waals surface area contributed by atoms with Crippen molar-refractivity contribution >= 4 is 28.6 Å². The Hall–Kier alpha value is -2.58. The zero-order chi connectivity index (χ0) is 21.1. The number of halogens is 3. The van der Waals surface area contributed by atoms with E-state index in [-0.39, 0.29) is 22.6 Å². The van der Waals surface area contributed by atoms with Gasteiger partial charge in [-0.3, -0.25) is 14.7 Å². The first-order valence-corrected chi connectivity index (χ1v) is 10.4. The highest BCUT2D eigenvalue weighted by Gasteiger charge is 2.29. The summed E-state index contributed by atoms with van der Waals surface area (Å²) in [5, 5.41) is 1.11. The lowest BCUT2D eigenvalue weighted by Gasteiger charge is -2.35. The van der Waals surface area contributed by atoms with E-state index in [4.69, 9.17) is 0 Å². The number of pyridine rings is 1. The molecule has 2 aromatic carbocycles. The highest BCUT2D eigenvalue weighted by Crippen LogP contribution is 2.36. The molecule has 0 spiro atoms. The van der Waals surface area contributed by atoms with Crippen LogP contribution in [0.5, 0.6) is 0 Å². The van der Waals surface area contributed by atoms with E-state index in [0.29, 0.717) is 18.7 Å². The number of carbonyl (C=O) groups excluding carboxylic acids is 1. The number of thioether (sulfide) groups is 1.